The van der Waals surface area contributed by atoms with Crippen LogP contribution in [-0.4, -0.2) is 29.2 Å². The summed E-state index contributed by atoms with van der Waals surface area (Å²) < 4.78 is 29.9. The van der Waals surface area contributed by atoms with Crippen LogP contribution in [0.5, 0.6) is 0 Å². The SMILES string of the molecule is CC(C)n1nc(S(=O)(=O)NC(=O)Nc2c3c(cc4c2CCC4)CCC3)c2ncccc21. The highest BCUT2D eigenvalue weighted by atomic mass is 32.2. The van der Waals surface area contributed by atoms with Crippen LogP contribution in [-0.2, 0) is 35.7 Å². The maximum atomic E-state index is 13.1. The van der Waals surface area contributed by atoms with Crippen LogP contribution in [0.1, 0.15) is 55.0 Å². The normalized spacial score (nSPS) is 15.3. The fraction of sp³-hybridized carbons (Fsp3) is 0.409. The Hall–Kier alpha value is -2.94. The van der Waals surface area contributed by atoms with Crippen molar-refractivity contribution in [2.24, 2.45) is 0 Å². The summed E-state index contributed by atoms with van der Waals surface area (Å²) in [6.07, 6.45) is 7.43. The second-order valence-corrected chi connectivity index (χ2v) is 10.1. The Morgan fingerprint density at radius 2 is 1.77 bits per heavy atom. The number of urea groups is 1. The topological polar surface area (TPSA) is 106 Å². The van der Waals surface area contributed by atoms with Gasteiger partial charge in [-0.3, -0.25) is 9.67 Å². The zero-order chi connectivity index (χ0) is 21.8. The van der Waals surface area contributed by atoms with Gasteiger partial charge in [-0.15, -0.1) is 0 Å². The molecule has 0 radical (unpaired) electrons. The summed E-state index contributed by atoms with van der Waals surface area (Å²) >= 11 is 0. The largest absolute Gasteiger partial charge is 0.333 e. The molecule has 0 unspecified atom stereocenters. The number of carbonyl (C=O) groups excluding carboxylic acids is 1. The number of fused-ring (bicyclic) bond motifs is 3. The first-order valence-corrected chi connectivity index (χ1v) is 12.2. The van der Waals surface area contributed by atoms with Crippen molar-refractivity contribution >= 4 is 32.8 Å². The van der Waals surface area contributed by atoms with Crippen LogP contribution in [0.15, 0.2) is 29.4 Å². The third-order valence-electron chi connectivity index (χ3n) is 6.12. The summed E-state index contributed by atoms with van der Waals surface area (Å²) in [6, 6.07) is 4.94. The van der Waals surface area contributed by atoms with Gasteiger partial charge in [0.2, 0.25) is 5.03 Å². The number of benzene rings is 1. The van der Waals surface area contributed by atoms with Crippen molar-refractivity contribution in [2.45, 2.75) is 63.4 Å². The monoisotopic (exact) mass is 439 g/mol. The van der Waals surface area contributed by atoms with Gasteiger partial charge in [0.05, 0.1) is 5.52 Å². The van der Waals surface area contributed by atoms with E-state index in [1.54, 1.807) is 16.8 Å². The lowest BCUT2D eigenvalue weighted by Gasteiger charge is -2.16. The van der Waals surface area contributed by atoms with Crippen molar-refractivity contribution in [1.29, 1.82) is 0 Å². The molecule has 8 nitrogen and oxygen atoms in total. The van der Waals surface area contributed by atoms with Crippen LogP contribution in [0.4, 0.5) is 10.5 Å². The van der Waals surface area contributed by atoms with E-state index in [2.05, 4.69) is 26.2 Å². The minimum absolute atomic E-state index is 0.0565. The molecular formula is C22H25N5O3S. The smallest absolute Gasteiger partial charge is 0.307 e. The third-order valence-corrected chi connectivity index (χ3v) is 7.35. The number of amides is 2. The Balaban J connectivity index is 1.47. The van der Waals surface area contributed by atoms with Gasteiger partial charge >= 0.3 is 6.03 Å². The van der Waals surface area contributed by atoms with E-state index in [-0.39, 0.29) is 16.6 Å². The summed E-state index contributed by atoms with van der Waals surface area (Å²) in [5.74, 6) is 0. The van der Waals surface area contributed by atoms with Gasteiger partial charge < -0.3 is 5.32 Å². The van der Waals surface area contributed by atoms with Gasteiger partial charge in [0.1, 0.15) is 5.52 Å². The molecule has 0 atom stereocenters. The highest BCUT2D eigenvalue weighted by Crippen LogP contribution is 2.38. The predicted molar refractivity (Wildman–Crippen MR) is 118 cm³/mol. The van der Waals surface area contributed by atoms with Gasteiger partial charge in [-0.05, 0) is 86.8 Å². The van der Waals surface area contributed by atoms with Crippen LogP contribution < -0.4 is 10.0 Å². The molecule has 162 valence electrons. The van der Waals surface area contributed by atoms with Crippen LogP contribution in [0, 0.1) is 0 Å². The summed E-state index contributed by atoms with van der Waals surface area (Å²) in [4.78, 5) is 17.0. The fourth-order valence-corrected chi connectivity index (χ4v) is 5.80. The lowest BCUT2D eigenvalue weighted by atomic mass is 9.99. The van der Waals surface area contributed by atoms with Crippen molar-refractivity contribution in [1.82, 2.24) is 19.5 Å². The standard InChI is InChI=1S/C22H25N5O3S/c1-13(2)27-18-10-5-11-23-20(18)21(25-27)31(29,30)26-22(28)24-19-16-8-3-6-14(16)12-15-7-4-9-17(15)19/h5,10-13H,3-4,6-9H2,1-2H3,(H2,24,26,28). The molecule has 0 bridgehead atoms. The molecule has 3 aromatic rings. The van der Waals surface area contributed by atoms with E-state index in [1.807, 2.05) is 13.8 Å². The number of nitrogens with one attached hydrogen (secondary N) is 2. The Labute approximate surface area is 181 Å². The molecule has 5 rings (SSSR count). The minimum atomic E-state index is -4.20. The molecule has 2 amide bonds. The highest BCUT2D eigenvalue weighted by Gasteiger charge is 2.29. The second-order valence-electron chi connectivity index (χ2n) is 8.51. The molecular weight excluding hydrogens is 414 g/mol. The number of aromatic nitrogens is 3. The minimum Gasteiger partial charge on any atom is -0.307 e. The van der Waals surface area contributed by atoms with Crippen LogP contribution in [0.25, 0.3) is 11.0 Å². The number of sulfonamides is 1. The number of hydrogen-bond donors (Lipinski definition) is 2. The van der Waals surface area contributed by atoms with E-state index >= 15 is 0 Å². The van der Waals surface area contributed by atoms with E-state index in [4.69, 9.17) is 0 Å². The molecule has 2 aromatic heterocycles. The van der Waals surface area contributed by atoms with E-state index in [9.17, 15) is 13.2 Å². The van der Waals surface area contributed by atoms with Crippen molar-refractivity contribution in [2.75, 3.05) is 5.32 Å². The van der Waals surface area contributed by atoms with Crippen molar-refractivity contribution in [3.05, 3.63) is 46.6 Å². The second kappa shape index (κ2) is 7.33. The summed E-state index contributed by atoms with van der Waals surface area (Å²) in [5, 5.41) is 6.88. The van der Waals surface area contributed by atoms with Crippen LogP contribution >= 0.6 is 0 Å². The molecule has 1 aromatic carbocycles. The van der Waals surface area contributed by atoms with E-state index in [0.717, 1.165) is 55.3 Å². The molecule has 2 aliphatic carbocycles. The van der Waals surface area contributed by atoms with E-state index < -0.39 is 16.1 Å². The van der Waals surface area contributed by atoms with Gasteiger partial charge in [-0.25, -0.2) is 9.52 Å². The molecule has 0 fully saturated rings. The third kappa shape index (κ3) is 3.37. The maximum Gasteiger partial charge on any atom is 0.333 e. The quantitative estimate of drug-likeness (QED) is 0.647. The van der Waals surface area contributed by atoms with Crippen LogP contribution in [0.3, 0.4) is 0 Å². The van der Waals surface area contributed by atoms with E-state index in [1.165, 1.54) is 17.3 Å². The van der Waals surface area contributed by atoms with Crippen molar-refractivity contribution < 1.29 is 13.2 Å². The van der Waals surface area contributed by atoms with Gasteiger partial charge in [0.15, 0.2) is 0 Å². The fourth-order valence-electron chi connectivity index (χ4n) is 4.80. The van der Waals surface area contributed by atoms with E-state index in [0.29, 0.717) is 5.52 Å². The highest BCUT2D eigenvalue weighted by molar-refractivity contribution is 7.90. The Kier molecular flexibility index (Phi) is 4.73. The molecule has 2 N–H and O–H groups in total. The average molecular weight is 440 g/mol. The molecule has 0 saturated heterocycles. The number of hydrogen-bond acceptors (Lipinski definition) is 5. The van der Waals surface area contributed by atoms with Gasteiger partial charge in [-0.1, -0.05) is 6.07 Å². The summed E-state index contributed by atoms with van der Waals surface area (Å²) in [7, 11) is -4.20. The first-order valence-electron chi connectivity index (χ1n) is 10.7. The number of pyridine rings is 1. The lowest BCUT2D eigenvalue weighted by molar-refractivity contribution is 0.256. The first kappa shape index (κ1) is 20.0. The van der Waals surface area contributed by atoms with Crippen molar-refractivity contribution in [3.63, 3.8) is 0 Å². The molecule has 0 spiro atoms. The molecule has 9 heteroatoms. The Morgan fingerprint density at radius 1 is 1.10 bits per heavy atom. The molecule has 31 heavy (non-hydrogen) atoms. The number of anilines is 1. The van der Waals surface area contributed by atoms with Gasteiger partial charge in [0, 0.05) is 17.9 Å². The maximum absolute atomic E-state index is 13.1. The molecule has 0 saturated carbocycles. The van der Waals surface area contributed by atoms with Gasteiger partial charge in [-0.2, -0.15) is 13.5 Å². The Bertz CT molecular complexity index is 1280. The first-order chi connectivity index (χ1) is 14.8. The van der Waals surface area contributed by atoms with Crippen LogP contribution in [0.2, 0.25) is 0 Å². The zero-order valence-corrected chi connectivity index (χ0v) is 18.4. The zero-order valence-electron chi connectivity index (χ0n) is 17.6. The number of rotatable bonds is 4. The predicted octanol–water partition coefficient (Wildman–Crippen LogP) is 3.50. The summed E-state index contributed by atoms with van der Waals surface area (Å²) in [5.41, 5.74) is 6.48. The molecule has 2 heterocycles. The summed E-state index contributed by atoms with van der Waals surface area (Å²) in [6.45, 7) is 3.82. The number of carbonyl (C=O) groups is 1. The van der Waals surface area contributed by atoms with Crippen molar-refractivity contribution in [3.8, 4) is 0 Å². The molecule has 2 aliphatic rings. The van der Waals surface area contributed by atoms with Gasteiger partial charge in [0.25, 0.3) is 10.0 Å². The average Bonchev–Trinajstić information content (AvgIpc) is 3.45. The Morgan fingerprint density at radius 3 is 2.42 bits per heavy atom. The number of aryl methyl sites for hydroxylation is 2. The lowest BCUT2D eigenvalue weighted by Crippen LogP contribution is -2.35. The molecule has 0 aliphatic heterocycles. The number of nitrogens with zero attached hydrogens (tertiary/aromatic N) is 3.